The molecule has 0 bridgehead atoms. The number of amides is 1. The third kappa shape index (κ3) is 7.11. The van der Waals surface area contributed by atoms with E-state index in [1.54, 1.807) is 6.07 Å². The molecule has 1 aromatic heterocycles. The summed E-state index contributed by atoms with van der Waals surface area (Å²) in [4.78, 5) is 20.0. The number of aromatic nitrogens is 2. The number of rotatable bonds is 9. The van der Waals surface area contributed by atoms with E-state index in [0.29, 0.717) is 16.4 Å². The summed E-state index contributed by atoms with van der Waals surface area (Å²) in [6, 6.07) is 15.2. The Morgan fingerprint density at radius 1 is 0.854 bits per heavy atom. The van der Waals surface area contributed by atoms with Crippen molar-refractivity contribution in [2.45, 2.75) is 16.0 Å². The molecule has 4 aromatic rings. The summed E-state index contributed by atoms with van der Waals surface area (Å²) >= 11 is 6.12. The molecule has 0 fully saturated rings. The summed E-state index contributed by atoms with van der Waals surface area (Å²) in [5.41, 5.74) is -1.65. The van der Waals surface area contributed by atoms with Crippen molar-refractivity contribution in [3.8, 4) is 0 Å². The van der Waals surface area contributed by atoms with Gasteiger partial charge >= 0.3 is 6.18 Å². The molecule has 1 amide bonds. The van der Waals surface area contributed by atoms with Crippen LogP contribution in [0.25, 0.3) is 0 Å². The molecule has 4 rings (SSSR count). The van der Waals surface area contributed by atoms with Gasteiger partial charge in [-0.1, -0.05) is 29.8 Å². The molecule has 3 aromatic carbocycles. The number of halogens is 4. The maximum absolute atomic E-state index is 13.5. The van der Waals surface area contributed by atoms with Crippen LogP contribution in [0.5, 0.6) is 0 Å². The van der Waals surface area contributed by atoms with Gasteiger partial charge in [0, 0.05) is 18.1 Å². The van der Waals surface area contributed by atoms with E-state index in [1.165, 1.54) is 67.0 Å². The molecule has 0 aliphatic heterocycles. The number of anilines is 3. The lowest BCUT2D eigenvalue weighted by Gasteiger charge is -2.26. The number of hydrogen-bond donors (Lipinski definition) is 2. The monoisotopic (exact) mass is 625 g/mol. The van der Waals surface area contributed by atoms with Crippen LogP contribution in [0.2, 0.25) is 5.02 Å². The number of carbonyl (C=O) groups excluding carboxylic acids is 1. The van der Waals surface area contributed by atoms with Crippen LogP contribution < -0.4 is 14.3 Å². The van der Waals surface area contributed by atoms with Crippen LogP contribution in [0, 0.1) is 0 Å². The average molecular weight is 626 g/mol. The fourth-order valence-electron chi connectivity index (χ4n) is 3.48. The van der Waals surface area contributed by atoms with E-state index in [9.17, 15) is 34.8 Å². The first-order valence-electron chi connectivity index (χ1n) is 11.4. The minimum atomic E-state index is -4.81. The van der Waals surface area contributed by atoms with E-state index in [4.69, 9.17) is 11.6 Å². The van der Waals surface area contributed by atoms with Crippen molar-refractivity contribution in [2.24, 2.45) is 0 Å². The van der Waals surface area contributed by atoms with Crippen LogP contribution in [-0.2, 0) is 31.0 Å². The van der Waals surface area contributed by atoms with Crippen molar-refractivity contribution in [1.29, 1.82) is 0 Å². The Morgan fingerprint density at radius 2 is 1.49 bits per heavy atom. The molecule has 0 atom stereocenters. The predicted octanol–water partition coefficient (Wildman–Crippen LogP) is 4.78. The minimum absolute atomic E-state index is 0.0807. The molecule has 1 heterocycles. The smallest absolute Gasteiger partial charge is 0.325 e. The topological polar surface area (TPSA) is 138 Å². The van der Waals surface area contributed by atoms with Gasteiger partial charge < -0.3 is 5.32 Å². The van der Waals surface area contributed by atoms with E-state index >= 15 is 0 Å². The highest BCUT2D eigenvalue weighted by atomic mass is 35.5. The molecule has 0 unspecified atom stereocenters. The molecule has 214 valence electrons. The zero-order valence-corrected chi connectivity index (χ0v) is 23.0. The van der Waals surface area contributed by atoms with Gasteiger partial charge in [-0.3, -0.25) is 9.10 Å². The summed E-state index contributed by atoms with van der Waals surface area (Å²) < 4.78 is 95.0. The molecule has 41 heavy (non-hydrogen) atoms. The predicted molar refractivity (Wildman–Crippen MR) is 145 cm³/mol. The Bertz CT molecular complexity index is 1760. The second kappa shape index (κ2) is 11.7. The van der Waals surface area contributed by atoms with Crippen LogP contribution in [0.15, 0.2) is 101 Å². The molecule has 0 spiro atoms. The Morgan fingerprint density at radius 3 is 2.10 bits per heavy atom. The number of benzene rings is 3. The molecule has 0 radical (unpaired) electrons. The van der Waals surface area contributed by atoms with Crippen LogP contribution in [0.1, 0.15) is 5.56 Å². The highest BCUT2D eigenvalue weighted by Crippen LogP contribution is 2.37. The van der Waals surface area contributed by atoms with E-state index in [2.05, 4.69) is 20.0 Å². The molecule has 0 aliphatic carbocycles. The second-order valence-corrected chi connectivity index (χ2v) is 12.2. The number of nitrogens with one attached hydrogen (secondary N) is 2. The summed E-state index contributed by atoms with van der Waals surface area (Å²) in [5.74, 6) is -1.10. The fraction of sp³-hybridized carbons (Fsp3) is 0.0800. The zero-order valence-electron chi connectivity index (χ0n) is 20.6. The van der Waals surface area contributed by atoms with Crippen molar-refractivity contribution in [1.82, 2.24) is 9.97 Å². The molecule has 16 heteroatoms. The van der Waals surface area contributed by atoms with E-state index in [0.717, 1.165) is 6.07 Å². The SMILES string of the molecule is O=C(CN(c1cc(C(F)(F)F)ccc1Cl)S(=O)(=O)c1ccccc1)Nc1ccc(S(=O)(=O)Nc2ncccn2)cc1. The molecule has 2 N–H and O–H groups in total. The maximum atomic E-state index is 13.5. The summed E-state index contributed by atoms with van der Waals surface area (Å²) in [5, 5.41) is 2.07. The van der Waals surface area contributed by atoms with Gasteiger partial charge in [-0.05, 0) is 60.7 Å². The van der Waals surface area contributed by atoms with E-state index < -0.39 is 49.9 Å². The standard InChI is InChI=1S/C25H19ClF3N5O5S2/c26-21-12-7-17(25(27,28)29)15-22(21)34(41(38,39)20-5-2-1-3-6-20)16-23(35)32-18-8-10-19(11-9-18)40(36,37)33-24-30-13-4-14-31-24/h1-15H,16H2,(H,32,35)(H,30,31,33). The lowest BCUT2D eigenvalue weighted by atomic mass is 10.2. The lowest BCUT2D eigenvalue weighted by molar-refractivity contribution is -0.137. The lowest BCUT2D eigenvalue weighted by Crippen LogP contribution is -2.38. The van der Waals surface area contributed by atoms with Gasteiger partial charge in [-0.2, -0.15) is 13.2 Å². The van der Waals surface area contributed by atoms with Crippen molar-refractivity contribution in [3.05, 3.63) is 102 Å². The van der Waals surface area contributed by atoms with Crippen molar-refractivity contribution in [2.75, 3.05) is 20.9 Å². The van der Waals surface area contributed by atoms with Gasteiger partial charge in [0.1, 0.15) is 6.54 Å². The summed E-state index contributed by atoms with van der Waals surface area (Å²) in [7, 11) is -8.63. The van der Waals surface area contributed by atoms with Crippen LogP contribution >= 0.6 is 11.6 Å². The molecule has 10 nitrogen and oxygen atoms in total. The molecule has 0 aliphatic rings. The van der Waals surface area contributed by atoms with Crippen LogP contribution in [-0.4, -0.2) is 39.3 Å². The normalized spacial score (nSPS) is 12.0. The third-order valence-electron chi connectivity index (χ3n) is 5.40. The number of carbonyl (C=O) groups is 1. The molecular weight excluding hydrogens is 607 g/mol. The Labute approximate surface area is 237 Å². The highest BCUT2D eigenvalue weighted by molar-refractivity contribution is 7.93. The fourth-order valence-corrected chi connectivity index (χ4v) is 6.16. The minimum Gasteiger partial charge on any atom is -0.325 e. The largest absolute Gasteiger partial charge is 0.416 e. The first-order chi connectivity index (χ1) is 19.3. The van der Waals surface area contributed by atoms with Gasteiger partial charge in [0.2, 0.25) is 11.9 Å². The van der Waals surface area contributed by atoms with Gasteiger partial charge in [0.25, 0.3) is 20.0 Å². The number of alkyl halides is 3. The second-order valence-electron chi connectivity index (χ2n) is 8.24. The van der Waals surface area contributed by atoms with Crippen LogP contribution in [0.3, 0.4) is 0 Å². The Kier molecular flexibility index (Phi) is 8.51. The van der Waals surface area contributed by atoms with Gasteiger partial charge in [0.05, 0.1) is 26.1 Å². The molecule has 0 saturated carbocycles. The van der Waals surface area contributed by atoms with E-state index in [1.807, 2.05) is 0 Å². The Balaban J connectivity index is 1.60. The number of hydrogen-bond acceptors (Lipinski definition) is 7. The Hall–Kier alpha value is -4.21. The van der Waals surface area contributed by atoms with Crippen molar-refractivity contribution < 1.29 is 34.8 Å². The van der Waals surface area contributed by atoms with Gasteiger partial charge in [-0.15, -0.1) is 0 Å². The molecular formula is C25H19ClF3N5O5S2. The van der Waals surface area contributed by atoms with E-state index in [-0.39, 0.29) is 26.4 Å². The molecule has 0 saturated heterocycles. The van der Waals surface area contributed by atoms with Gasteiger partial charge in [0.15, 0.2) is 0 Å². The summed E-state index contributed by atoms with van der Waals surface area (Å²) in [6.07, 6.45) is -2.12. The zero-order chi connectivity index (χ0) is 29.8. The first kappa shape index (κ1) is 29.8. The summed E-state index contributed by atoms with van der Waals surface area (Å²) in [6.45, 7) is -0.953. The van der Waals surface area contributed by atoms with Crippen molar-refractivity contribution in [3.63, 3.8) is 0 Å². The van der Waals surface area contributed by atoms with Crippen molar-refractivity contribution >= 4 is 54.9 Å². The highest BCUT2D eigenvalue weighted by Gasteiger charge is 2.34. The quantitative estimate of drug-likeness (QED) is 0.273. The maximum Gasteiger partial charge on any atom is 0.416 e. The first-order valence-corrected chi connectivity index (χ1v) is 14.7. The van der Waals surface area contributed by atoms with Crippen LogP contribution in [0.4, 0.5) is 30.5 Å². The number of sulfonamides is 2. The third-order valence-corrected chi connectivity index (χ3v) is 8.84. The van der Waals surface area contributed by atoms with Gasteiger partial charge in [-0.25, -0.2) is 31.5 Å². The average Bonchev–Trinajstić information content (AvgIpc) is 2.92. The number of nitrogens with zero attached hydrogens (tertiary/aromatic N) is 3.